The van der Waals surface area contributed by atoms with Crippen molar-refractivity contribution in [3.8, 4) is 0 Å². The van der Waals surface area contributed by atoms with E-state index >= 15 is 0 Å². The molecule has 34 heavy (non-hydrogen) atoms. The van der Waals surface area contributed by atoms with Gasteiger partial charge in [0, 0.05) is 32.7 Å². The van der Waals surface area contributed by atoms with Crippen LogP contribution in [0.15, 0.2) is 55.1 Å². The third kappa shape index (κ3) is 5.81. The molecule has 0 bridgehead atoms. The molecule has 3 aromatic rings. The number of nitrogens with zero attached hydrogens (tertiary/aromatic N) is 8. The van der Waals surface area contributed by atoms with E-state index in [1.54, 1.807) is 28.4 Å². The fourth-order valence-electron chi connectivity index (χ4n) is 4.00. The number of hydrogen-bond acceptors (Lipinski definition) is 8. The summed E-state index contributed by atoms with van der Waals surface area (Å²) in [4.78, 5) is 26.9. The molecule has 0 N–H and O–H groups in total. The predicted octanol–water partition coefficient (Wildman–Crippen LogP) is 3.75. The number of para-hydroxylation sites is 1. The second-order valence-electron chi connectivity index (χ2n) is 9.50. The minimum absolute atomic E-state index is 0.228. The lowest BCUT2D eigenvalue weighted by atomic mass is 9.96. The average molecular weight is 465 g/mol. The normalized spacial score (nSPS) is 14.6. The Morgan fingerprint density at radius 1 is 1.12 bits per heavy atom. The summed E-state index contributed by atoms with van der Waals surface area (Å²) in [5, 5.41) is 9.98. The molecule has 1 fully saturated rings. The van der Waals surface area contributed by atoms with Gasteiger partial charge in [-0.05, 0) is 56.9 Å². The number of carbonyl (C=O) groups excluding carboxylic acids is 1. The second kappa shape index (κ2) is 10.1. The highest BCUT2D eigenvalue weighted by Gasteiger charge is 2.27. The fraction of sp³-hybridized carbons (Fsp3) is 0.458. The molecule has 10 heteroatoms. The van der Waals surface area contributed by atoms with E-state index in [2.05, 4.69) is 25.2 Å². The minimum atomic E-state index is -0.473. The highest BCUT2D eigenvalue weighted by Crippen LogP contribution is 2.27. The zero-order chi connectivity index (χ0) is 24.1. The zero-order valence-electron chi connectivity index (χ0n) is 20.2. The first kappa shape index (κ1) is 23.5. The number of carbonyl (C=O) groups is 1. The van der Waals surface area contributed by atoms with E-state index in [9.17, 15) is 4.79 Å². The monoisotopic (exact) mass is 464 g/mol. The number of anilines is 3. The number of ether oxygens (including phenoxy) is 1. The molecule has 0 saturated carbocycles. The molecule has 0 atom stereocenters. The fourth-order valence-corrected chi connectivity index (χ4v) is 4.00. The third-order valence-electron chi connectivity index (χ3n) is 5.66. The molecular weight excluding hydrogens is 432 g/mol. The molecule has 1 amide bonds. The summed E-state index contributed by atoms with van der Waals surface area (Å²) in [5.41, 5.74) is 0.438. The third-order valence-corrected chi connectivity index (χ3v) is 5.66. The summed E-state index contributed by atoms with van der Waals surface area (Å²) < 4.78 is 5.51. The molecule has 1 aliphatic rings. The van der Waals surface area contributed by atoms with Gasteiger partial charge in [-0.1, -0.05) is 18.2 Å². The Bertz CT molecular complexity index is 1060. The van der Waals surface area contributed by atoms with Crippen LogP contribution in [0, 0.1) is 5.92 Å². The summed E-state index contributed by atoms with van der Waals surface area (Å²) >= 11 is 0. The number of amides is 1. The van der Waals surface area contributed by atoms with E-state index < -0.39 is 5.60 Å². The molecule has 1 saturated heterocycles. The van der Waals surface area contributed by atoms with Gasteiger partial charge in [-0.25, -0.2) is 19.8 Å². The topological polar surface area (TPSA) is 92.5 Å². The van der Waals surface area contributed by atoms with Crippen molar-refractivity contribution in [3.63, 3.8) is 0 Å². The van der Waals surface area contributed by atoms with E-state index in [1.807, 2.05) is 69.2 Å². The Morgan fingerprint density at radius 2 is 1.82 bits per heavy atom. The van der Waals surface area contributed by atoms with Gasteiger partial charge in [0.25, 0.3) is 0 Å². The van der Waals surface area contributed by atoms with Crippen LogP contribution >= 0.6 is 0 Å². The first-order valence-corrected chi connectivity index (χ1v) is 11.5. The van der Waals surface area contributed by atoms with Crippen LogP contribution in [0.3, 0.4) is 0 Å². The minimum Gasteiger partial charge on any atom is -0.444 e. The molecule has 10 nitrogen and oxygen atoms in total. The lowest BCUT2D eigenvalue weighted by Gasteiger charge is -2.35. The quantitative estimate of drug-likeness (QED) is 0.545. The van der Waals surface area contributed by atoms with Crippen LogP contribution in [0.2, 0.25) is 0 Å². The van der Waals surface area contributed by atoms with Crippen molar-refractivity contribution < 1.29 is 9.53 Å². The van der Waals surface area contributed by atoms with Crippen molar-refractivity contribution in [2.45, 2.75) is 39.2 Å². The number of hydrogen-bond donors (Lipinski definition) is 0. The van der Waals surface area contributed by atoms with Crippen molar-refractivity contribution in [2.75, 3.05) is 36.6 Å². The van der Waals surface area contributed by atoms with Crippen LogP contribution in [0.1, 0.15) is 33.6 Å². The van der Waals surface area contributed by atoms with Gasteiger partial charge in [0.05, 0.1) is 18.1 Å². The van der Waals surface area contributed by atoms with Gasteiger partial charge >= 0.3 is 6.09 Å². The molecule has 0 aliphatic carbocycles. The number of aromatic nitrogens is 5. The zero-order valence-corrected chi connectivity index (χ0v) is 20.2. The molecule has 1 aliphatic heterocycles. The van der Waals surface area contributed by atoms with Crippen molar-refractivity contribution >= 4 is 23.4 Å². The van der Waals surface area contributed by atoms with Crippen molar-refractivity contribution in [3.05, 3.63) is 55.1 Å². The van der Waals surface area contributed by atoms with Gasteiger partial charge in [0.1, 0.15) is 17.7 Å². The van der Waals surface area contributed by atoms with Crippen LogP contribution in [0.5, 0.6) is 0 Å². The highest BCUT2D eigenvalue weighted by atomic mass is 16.6. The first-order chi connectivity index (χ1) is 16.3. The molecule has 180 valence electrons. The molecule has 4 rings (SSSR count). The van der Waals surface area contributed by atoms with Crippen LogP contribution in [-0.2, 0) is 4.74 Å². The van der Waals surface area contributed by atoms with Gasteiger partial charge in [0.15, 0.2) is 5.82 Å². The van der Waals surface area contributed by atoms with Crippen LogP contribution in [0.25, 0.3) is 0 Å². The standard InChI is InChI=1S/C24H32N8O2/c1-24(2,3)34-23(33)30-13-10-19(11-14-30)17-29(4)21-16-22(26-18-25-21)32(31-15-12-27-28-31)20-8-6-5-7-9-20/h5-9,12,15-16,18-19H,10-11,13-14,17H2,1-4H3. The largest absolute Gasteiger partial charge is 0.444 e. The summed E-state index contributed by atoms with van der Waals surface area (Å²) in [7, 11) is 2.04. The Labute approximate surface area is 200 Å². The molecule has 3 heterocycles. The van der Waals surface area contributed by atoms with Gasteiger partial charge < -0.3 is 14.5 Å². The number of likely N-dealkylation sites (tertiary alicyclic amines) is 1. The van der Waals surface area contributed by atoms with E-state index in [4.69, 9.17) is 4.74 Å². The van der Waals surface area contributed by atoms with Crippen molar-refractivity contribution in [2.24, 2.45) is 5.92 Å². The van der Waals surface area contributed by atoms with E-state index in [0.29, 0.717) is 24.8 Å². The highest BCUT2D eigenvalue weighted by molar-refractivity contribution is 5.68. The lowest BCUT2D eigenvalue weighted by Crippen LogP contribution is -2.43. The summed E-state index contributed by atoms with van der Waals surface area (Å²) in [6.07, 6.45) is 6.60. The molecule has 0 spiro atoms. The maximum atomic E-state index is 12.3. The maximum absolute atomic E-state index is 12.3. The lowest BCUT2D eigenvalue weighted by molar-refractivity contribution is 0.0186. The maximum Gasteiger partial charge on any atom is 0.410 e. The molecular formula is C24H32N8O2. The molecule has 2 aromatic heterocycles. The molecule has 0 radical (unpaired) electrons. The van der Waals surface area contributed by atoms with Gasteiger partial charge in [-0.3, -0.25) is 0 Å². The van der Waals surface area contributed by atoms with E-state index in [0.717, 1.165) is 30.9 Å². The SMILES string of the molecule is CN(CC1CCN(C(=O)OC(C)(C)C)CC1)c1cc(N(c2ccccc2)n2ccnn2)ncn1. The van der Waals surface area contributed by atoms with Crippen LogP contribution < -0.4 is 9.91 Å². The average Bonchev–Trinajstić information content (AvgIpc) is 3.34. The van der Waals surface area contributed by atoms with Crippen molar-refractivity contribution in [1.82, 2.24) is 30.0 Å². The van der Waals surface area contributed by atoms with E-state index in [1.165, 1.54) is 0 Å². The van der Waals surface area contributed by atoms with Gasteiger partial charge in [-0.2, -0.15) is 4.79 Å². The van der Waals surface area contributed by atoms with Gasteiger partial charge in [-0.15, -0.1) is 5.10 Å². The molecule has 0 unspecified atom stereocenters. The van der Waals surface area contributed by atoms with Crippen LogP contribution in [-0.4, -0.2) is 68.3 Å². The predicted molar refractivity (Wildman–Crippen MR) is 130 cm³/mol. The summed E-state index contributed by atoms with van der Waals surface area (Å²) in [6.45, 7) is 7.93. The Kier molecular flexibility index (Phi) is 6.95. The van der Waals surface area contributed by atoms with Gasteiger partial charge in [0.2, 0.25) is 0 Å². The number of piperidine rings is 1. The summed E-state index contributed by atoms with van der Waals surface area (Å²) in [6, 6.07) is 11.8. The Balaban J connectivity index is 1.42. The first-order valence-electron chi connectivity index (χ1n) is 11.5. The van der Waals surface area contributed by atoms with Crippen molar-refractivity contribution in [1.29, 1.82) is 0 Å². The smallest absolute Gasteiger partial charge is 0.410 e. The van der Waals surface area contributed by atoms with E-state index in [-0.39, 0.29) is 6.09 Å². The number of rotatable bonds is 6. The molecule has 1 aromatic carbocycles. The summed E-state index contributed by atoms with van der Waals surface area (Å²) in [5.74, 6) is 1.97. The second-order valence-corrected chi connectivity index (χ2v) is 9.50. The Hall–Kier alpha value is -3.69. The van der Waals surface area contributed by atoms with Crippen LogP contribution in [0.4, 0.5) is 22.1 Å². The Morgan fingerprint density at radius 3 is 2.47 bits per heavy atom. The number of benzene rings is 1.